The van der Waals surface area contributed by atoms with Crippen molar-refractivity contribution in [2.24, 2.45) is 0 Å². The van der Waals surface area contributed by atoms with Gasteiger partial charge in [-0.3, -0.25) is 9.59 Å². The van der Waals surface area contributed by atoms with Crippen LogP contribution in [0.4, 0.5) is 0 Å². The highest BCUT2D eigenvalue weighted by atomic mass is 32.2. The first kappa shape index (κ1) is 14.9. The van der Waals surface area contributed by atoms with Crippen molar-refractivity contribution in [3.8, 4) is 0 Å². The molecule has 6 nitrogen and oxygen atoms in total. The number of ether oxygens (including phenoxy) is 1. The predicted molar refractivity (Wildman–Crippen MR) is 67.4 cm³/mol. The first-order valence-corrected chi connectivity index (χ1v) is 6.77. The SMILES string of the molecule is CC(=O)O/C=C/C(=O)NS(=O)(=O)c1ccc(C)cc1. The van der Waals surface area contributed by atoms with Crippen LogP contribution in [-0.2, 0) is 24.3 Å². The lowest BCUT2D eigenvalue weighted by Gasteiger charge is -2.04. The minimum absolute atomic E-state index is 0.0210. The van der Waals surface area contributed by atoms with E-state index in [2.05, 4.69) is 4.74 Å². The predicted octanol–water partition coefficient (Wildman–Crippen LogP) is 0.877. The van der Waals surface area contributed by atoms with Gasteiger partial charge in [-0.2, -0.15) is 0 Å². The van der Waals surface area contributed by atoms with Crippen molar-refractivity contribution in [3.63, 3.8) is 0 Å². The maximum absolute atomic E-state index is 11.8. The molecule has 1 amide bonds. The maximum Gasteiger partial charge on any atom is 0.307 e. The van der Waals surface area contributed by atoms with Crippen molar-refractivity contribution in [2.45, 2.75) is 18.7 Å². The highest BCUT2D eigenvalue weighted by molar-refractivity contribution is 7.90. The Hall–Kier alpha value is -2.15. The Morgan fingerprint density at radius 1 is 1.21 bits per heavy atom. The van der Waals surface area contributed by atoms with Crippen molar-refractivity contribution >= 4 is 21.9 Å². The zero-order chi connectivity index (χ0) is 14.5. The number of hydrogen-bond acceptors (Lipinski definition) is 5. The van der Waals surface area contributed by atoms with Crippen LogP contribution in [0.15, 0.2) is 41.5 Å². The second kappa shape index (κ2) is 6.14. The molecular formula is C12H13NO5S. The molecule has 1 N–H and O–H groups in total. The third kappa shape index (κ3) is 4.92. The summed E-state index contributed by atoms with van der Waals surface area (Å²) in [6.07, 6.45) is 1.63. The minimum atomic E-state index is -3.92. The van der Waals surface area contributed by atoms with Gasteiger partial charge in [-0.25, -0.2) is 13.1 Å². The van der Waals surface area contributed by atoms with Crippen molar-refractivity contribution in [1.82, 2.24) is 4.72 Å². The fourth-order valence-electron chi connectivity index (χ4n) is 1.13. The van der Waals surface area contributed by atoms with Gasteiger partial charge in [-0.05, 0) is 19.1 Å². The molecule has 7 heteroatoms. The van der Waals surface area contributed by atoms with Crippen molar-refractivity contribution in [1.29, 1.82) is 0 Å². The summed E-state index contributed by atoms with van der Waals surface area (Å²) in [5.41, 5.74) is 0.903. The third-order valence-corrected chi connectivity index (χ3v) is 3.38. The Morgan fingerprint density at radius 3 is 2.32 bits per heavy atom. The summed E-state index contributed by atoms with van der Waals surface area (Å²) in [4.78, 5) is 21.7. The van der Waals surface area contributed by atoms with Crippen molar-refractivity contribution < 1.29 is 22.7 Å². The topological polar surface area (TPSA) is 89.5 Å². The average Bonchev–Trinajstić information content (AvgIpc) is 2.28. The van der Waals surface area contributed by atoms with Gasteiger partial charge in [0.05, 0.1) is 11.2 Å². The molecule has 0 saturated heterocycles. The maximum atomic E-state index is 11.8. The van der Waals surface area contributed by atoms with Crippen LogP contribution >= 0.6 is 0 Å². The zero-order valence-electron chi connectivity index (χ0n) is 10.4. The molecule has 1 aromatic carbocycles. The molecule has 0 unspecified atom stereocenters. The smallest absolute Gasteiger partial charge is 0.307 e. The van der Waals surface area contributed by atoms with E-state index >= 15 is 0 Å². The Balaban J connectivity index is 2.75. The van der Waals surface area contributed by atoms with Gasteiger partial charge < -0.3 is 4.74 Å². The van der Waals surface area contributed by atoms with Gasteiger partial charge in [-0.1, -0.05) is 17.7 Å². The second-order valence-corrected chi connectivity index (χ2v) is 5.38. The molecule has 19 heavy (non-hydrogen) atoms. The third-order valence-electron chi connectivity index (χ3n) is 2.02. The number of amides is 1. The summed E-state index contributed by atoms with van der Waals surface area (Å²) in [5, 5.41) is 0. The van der Waals surface area contributed by atoms with Crippen molar-refractivity contribution in [2.75, 3.05) is 0 Å². The highest BCUT2D eigenvalue weighted by Gasteiger charge is 2.15. The van der Waals surface area contributed by atoms with Crippen molar-refractivity contribution in [3.05, 3.63) is 42.2 Å². The standard InChI is InChI=1S/C12H13NO5S/c1-9-3-5-11(6-4-9)19(16,17)13-12(15)7-8-18-10(2)14/h3-8H,1-2H3,(H,13,15)/b8-7+. The fourth-order valence-corrected chi connectivity index (χ4v) is 2.08. The first-order valence-electron chi connectivity index (χ1n) is 5.28. The van der Waals surface area contributed by atoms with E-state index in [1.54, 1.807) is 12.1 Å². The largest absolute Gasteiger partial charge is 0.434 e. The number of hydrogen-bond donors (Lipinski definition) is 1. The van der Waals surface area contributed by atoms with Gasteiger partial charge in [0.15, 0.2) is 0 Å². The summed E-state index contributed by atoms with van der Waals surface area (Å²) in [6.45, 7) is 2.97. The number of aryl methyl sites for hydroxylation is 1. The molecular weight excluding hydrogens is 270 g/mol. The summed E-state index contributed by atoms with van der Waals surface area (Å²) >= 11 is 0. The van der Waals surface area contributed by atoms with Gasteiger partial charge in [0.25, 0.3) is 15.9 Å². The van der Waals surface area contributed by atoms with Gasteiger partial charge in [0, 0.05) is 13.0 Å². The number of sulfonamides is 1. The fraction of sp³-hybridized carbons (Fsp3) is 0.167. The normalized spacial score (nSPS) is 11.3. The van der Waals surface area contributed by atoms with E-state index in [1.165, 1.54) is 12.1 Å². The molecule has 0 aliphatic rings. The highest BCUT2D eigenvalue weighted by Crippen LogP contribution is 2.09. The molecule has 0 aliphatic carbocycles. The zero-order valence-corrected chi connectivity index (χ0v) is 11.2. The van der Waals surface area contributed by atoms with E-state index < -0.39 is 21.9 Å². The molecule has 0 bridgehead atoms. The summed E-state index contributed by atoms with van der Waals surface area (Å²) < 4.78 is 29.7. The molecule has 0 heterocycles. The van der Waals surface area contributed by atoms with Crippen LogP contribution in [0.2, 0.25) is 0 Å². The lowest BCUT2D eigenvalue weighted by atomic mass is 10.2. The van der Waals surface area contributed by atoms with E-state index in [9.17, 15) is 18.0 Å². The summed E-state index contributed by atoms with van der Waals surface area (Å²) in [5.74, 6) is -1.51. The molecule has 0 fully saturated rings. The van der Waals surface area contributed by atoms with Gasteiger partial charge >= 0.3 is 5.97 Å². The van der Waals surface area contributed by atoms with Crippen LogP contribution in [-0.4, -0.2) is 20.3 Å². The lowest BCUT2D eigenvalue weighted by Crippen LogP contribution is -2.29. The van der Waals surface area contributed by atoms with Crippen LogP contribution < -0.4 is 4.72 Å². The summed E-state index contributed by atoms with van der Waals surface area (Å²) in [7, 11) is -3.92. The number of esters is 1. The molecule has 1 aromatic rings. The number of rotatable bonds is 4. The van der Waals surface area contributed by atoms with E-state index in [0.717, 1.165) is 24.8 Å². The van der Waals surface area contributed by atoms with E-state index in [-0.39, 0.29) is 4.90 Å². The molecule has 1 rings (SSSR count). The Bertz CT molecular complexity index is 602. The number of benzene rings is 1. The monoisotopic (exact) mass is 283 g/mol. The van der Waals surface area contributed by atoms with Gasteiger partial charge in [0.1, 0.15) is 0 Å². The number of nitrogens with one attached hydrogen (secondary N) is 1. The molecule has 0 aromatic heterocycles. The van der Waals surface area contributed by atoms with Crippen LogP contribution in [0, 0.1) is 6.92 Å². The quantitative estimate of drug-likeness (QED) is 0.503. The molecule has 0 atom stereocenters. The van der Waals surface area contributed by atoms with Gasteiger partial charge in [-0.15, -0.1) is 0 Å². The lowest BCUT2D eigenvalue weighted by molar-refractivity contribution is -0.135. The number of carbonyl (C=O) groups excluding carboxylic acids is 2. The molecule has 0 saturated carbocycles. The first-order chi connectivity index (χ1) is 8.81. The molecule has 0 aliphatic heterocycles. The average molecular weight is 283 g/mol. The molecule has 0 spiro atoms. The minimum Gasteiger partial charge on any atom is -0.434 e. The van der Waals surface area contributed by atoms with Crippen LogP contribution in [0.25, 0.3) is 0 Å². The van der Waals surface area contributed by atoms with Crippen LogP contribution in [0.5, 0.6) is 0 Å². The Labute approximate surface area is 111 Å². The second-order valence-electron chi connectivity index (χ2n) is 3.69. The number of carbonyl (C=O) groups is 2. The Kier molecular flexibility index (Phi) is 4.82. The Morgan fingerprint density at radius 2 is 1.79 bits per heavy atom. The van der Waals surface area contributed by atoms with Crippen LogP contribution in [0.3, 0.4) is 0 Å². The summed E-state index contributed by atoms with van der Waals surface area (Å²) in [6, 6.07) is 6.02. The van der Waals surface area contributed by atoms with Crippen LogP contribution in [0.1, 0.15) is 12.5 Å². The molecule has 0 radical (unpaired) electrons. The van der Waals surface area contributed by atoms with E-state index in [0.29, 0.717) is 0 Å². The van der Waals surface area contributed by atoms with E-state index in [1.807, 2.05) is 11.6 Å². The van der Waals surface area contributed by atoms with Gasteiger partial charge in [0.2, 0.25) is 0 Å². The van der Waals surface area contributed by atoms with E-state index in [4.69, 9.17) is 0 Å². The molecule has 102 valence electrons.